The predicted octanol–water partition coefficient (Wildman–Crippen LogP) is 2.83. The molecule has 5 heteroatoms. The number of hydrogen-bond donors (Lipinski definition) is 1. The molecule has 3 rings (SSSR count). The van der Waals surface area contributed by atoms with E-state index in [-0.39, 0.29) is 0 Å². The largest absolute Gasteiger partial charge is 0.316 e. The second kappa shape index (κ2) is 6.62. The monoisotopic (exact) mass is 302 g/mol. The van der Waals surface area contributed by atoms with Crippen LogP contribution in [0.1, 0.15) is 30.7 Å². The van der Waals surface area contributed by atoms with Gasteiger partial charge in [0.2, 0.25) is 0 Å². The molecule has 4 nitrogen and oxygen atoms in total. The van der Waals surface area contributed by atoms with Crippen LogP contribution in [0.3, 0.4) is 0 Å². The van der Waals surface area contributed by atoms with Crippen LogP contribution in [0.2, 0.25) is 0 Å². The summed E-state index contributed by atoms with van der Waals surface area (Å²) in [5, 5.41) is 13.2. The molecule has 0 amide bonds. The summed E-state index contributed by atoms with van der Waals surface area (Å²) in [7, 11) is 4.08. The molecular weight excluding hydrogens is 280 g/mol. The zero-order chi connectivity index (χ0) is 14.7. The van der Waals surface area contributed by atoms with Crippen molar-refractivity contribution in [1.29, 1.82) is 0 Å². The molecule has 0 bridgehead atoms. The van der Waals surface area contributed by atoms with Crippen LogP contribution in [0.15, 0.2) is 41.8 Å². The third-order valence-electron chi connectivity index (χ3n) is 4.36. The van der Waals surface area contributed by atoms with E-state index in [1.54, 1.807) is 6.33 Å². The van der Waals surface area contributed by atoms with Crippen molar-refractivity contribution in [2.45, 2.75) is 41.6 Å². The molecule has 0 aliphatic heterocycles. The van der Waals surface area contributed by atoms with Crippen molar-refractivity contribution < 1.29 is 0 Å². The first-order valence-electron chi connectivity index (χ1n) is 7.51. The summed E-state index contributed by atoms with van der Waals surface area (Å²) in [6, 6.07) is 11.4. The number of rotatable bonds is 4. The molecule has 3 unspecified atom stereocenters. The van der Waals surface area contributed by atoms with Crippen molar-refractivity contribution in [3.63, 3.8) is 0 Å². The standard InChI is InChI=1S/C16H22N4S/c1-17-14-9-8-13(12-6-4-3-5-7-12)10-15(14)21-16-19-18-11-20(16)2/h3-7,11,13-15,17H,8-10H2,1-2H3. The summed E-state index contributed by atoms with van der Waals surface area (Å²) in [4.78, 5) is 0. The van der Waals surface area contributed by atoms with Crippen molar-refractivity contribution in [3.8, 4) is 0 Å². The fourth-order valence-electron chi connectivity index (χ4n) is 3.13. The van der Waals surface area contributed by atoms with Gasteiger partial charge < -0.3 is 9.88 Å². The number of benzene rings is 1. The normalized spacial score (nSPS) is 25.9. The Bertz CT molecular complexity index is 569. The lowest BCUT2D eigenvalue weighted by atomic mass is 9.81. The first kappa shape index (κ1) is 14.6. The van der Waals surface area contributed by atoms with Crippen LogP contribution in [0.25, 0.3) is 0 Å². The summed E-state index contributed by atoms with van der Waals surface area (Å²) < 4.78 is 2.00. The van der Waals surface area contributed by atoms with Crippen LogP contribution in [-0.4, -0.2) is 33.1 Å². The quantitative estimate of drug-likeness (QED) is 0.943. The third-order valence-corrected chi connectivity index (χ3v) is 5.76. The minimum absolute atomic E-state index is 0.539. The molecule has 1 aliphatic carbocycles. The van der Waals surface area contributed by atoms with Crippen molar-refractivity contribution in [2.24, 2.45) is 7.05 Å². The highest BCUT2D eigenvalue weighted by Crippen LogP contribution is 2.40. The first-order chi connectivity index (χ1) is 10.3. The Hall–Kier alpha value is -1.33. The molecule has 112 valence electrons. The van der Waals surface area contributed by atoms with Gasteiger partial charge in [0.1, 0.15) is 6.33 Å². The van der Waals surface area contributed by atoms with E-state index in [4.69, 9.17) is 0 Å². The molecule has 1 fully saturated rings. The lowest BCUT2D eigenvalue weighted by Crippen LogP contribution is -2.40. The number of nitrogens with zero attached hydrogens (tertiary/aromatic N) is 3. The second-order valence-electron chi connectivity index (χ2n) is 5.70. The summed E-state index contributed by atoms with van der Waals surface area (Å²) in [6.07, 6.45) is 5.43. The molecule has 1 aliphatic rings. The van der Waals surface area contributed by atoms with Gasteiger partial charge in [-0.2, -0.15) is 0 Å². The minimum atomic E-state index is 0.539. The van der Waals surface area contributed by atoms with Crippen molar-refractivity contribution in [3.05, 3.63) is 42.2 Å². The van der Waals surface area contributed by atoms with Gasteiger partial charge in [-0.1, -0.05) is 42.1 Å². The Morgan fingerprint density at radius 3 is 2.71 bits per heavy atom. The highest BCUT2D eigenvalue weighted by Gasteiger charge is 2.31. The number of aromatic nitrogens is 3. The molecule has 21 heavy (non-hydrogen) atoms. The molecule has 1 saturated carbocycles. The van der Waals surface area contributed by atoms with Crippen LogP contribution in [0, 0.1) is 0 Å². The maximum absolute atomic E-state index is 4.22. The molecule has 0 saturated heterocycles. The molecule has 3 atom stereocenters. The average molecular weight is 302 g/mol. The van der Waals surface area contributed by atoms with Gasteiger partial charge >= 0.3 is 0 Å². The van der Waals surface area contributed by atoms with Gasteiger partial charge in [-0.15, -0.1) is 10.2 Å². The van der Waals surface area contributed by atoms with Gasteiger partial charge in [-0.05, 0) is 37.8 Å². The fourth-order valence-corrected chi connectivity index (χ4v) is 4.48. The van der Waals surface area contributed by atoms with Gasteiger partial charge in [0.05, 0.1) is 0 Å². The van der Waals surface area contributed by atoms with E-state index < -0.39 is 0 Å². The van der Waals surface area contributed by atoms with E-state index >= 15 is 0 Å². The van der Waals surface area contributed by atoms with Gasteiger partial charge in [0.25, 0.3) is 0 Å². The van der Waals surface area contributed by atoms with E-state index in [0.717, 1.165) is 5.16 Å². The van der Waals surface area contributed by atoms with E-state index in [9.17, 15) is 0 Å². The molecule has 1 N–H and O–H groups in total. The Morgan fingerprint density at radius 1 is 1.24 bits per heavy atom. The smallest absolute Gasteiger partial charge is 0.191 e. The molecular formula is C16H22N4S. The van der Waals surface area contributed by atoms with Crippen LogP contribution in [-0.2, 0) is 7.05 Å². The molecule has 0 radical (unpaired) electrons. The number of aryl methyl sites for hydroxylation is 1. The molecule has 1 heterocycles. The number of nitrogens with one attached hydrogen (secondary N) is 1. The summed E-state index contributed by atoms with van der Waals surface area (Å²) >= 11 is 1.86. The van der Waals surface area contributed by atoms with Crippen molar-refractivity contribution >= 4 is 11.8 Å². The maximum Gasteiger partial charge on any atom is 0.191 e. The minimum Gasteiger partial charge on any atom is -0.316 e. The van der Waals surface area contributed by atoms with E-state index in [2.05, 4.69) is 52.9 Å². The molecule has 1 aromatic carbocycles. The lowest BCUT2D eigenvalue weighted by molar-refractivity contribution is 0.368. The number of thioether (sulfide) groups is 1. The third kappa shape index (κ3) is 3.30. The first-order valence-corrected chi connectivity index (χ1v) is 8.38. The highest BCUT2D eigenvalue weighted by molar-refractivity contribution is 7.99. The Kier molecular flexibility index (Phi) is 4.60. The maximum atomic E-state index is 4.22. The van der Waals surface area contributed by atoms with Gasteiger partial charge in [-0.25, -0.2) is 0 Å². The van der Waals surface area contributed by atoms with Crippen LogP contribution in [0.5, 0.6) is 0 Å². The Morgan fingerprint density at radius 2 is 2.05 bits per heavy atom. The van der Waals surface area contributed by atoms with Gasteiger partial charge in [0, 0.05) is 18.3 Å². The average Bonchev–Trinajstić information content (AvgIpc) is 2.93. The Labute approximate surface area is 130 Å². The zero-order valence-corrected chi connectivity index (χ0v) is 13.4. The van der Waals surface area contributed by atoms with Crippen LogP contribution in [0.4, 0.5) is 0 Å². The molecule has 1 aromatic heterocycles. The summed E-state index contributed by atoms with van der Waals surface area (Å²) in [5.74, 6) is 0.654. The van der Waals surface area contributed by atoms with Crippen LogP contribution >= 0.6 is 11.8 Å². The van der Waals surface area contributed by atoms with Gasteiger partial charge in [-0.3, -0.25) is 0 Å². The molecule has 2 aromatic rings. The molecule has 0 spiro atoms. The van der Waals surface area contributed by atoms with E-state index in [1.165, 1.54) is 24.8 Å². The highest BCUT2D eigenvalue weighted by atomic mass is 32.2. The predicted molar refractivity (Wildman–Crippen MR) is 86.5 cm³/mol. The fraction of sp³-hybridized carbons (Fsp3) is 0.500. The second-order valence-corrected chi connectivity index (χ2v) is 6.90. The topological polar surface area (TPSA) is 42.7 Å². The Balaban J connectivity index is 1.74. The van der Waals surface area contributed by atoms with Crippen molar-refractivity contribution in [1.82, 2.24) is 20.1 Å². The van der Waals surface area contributed by atoms with Crippen molar-refractivity contribution in [2.75, 3.05) is 7.05 Å². The zero-order valence-electron chi connectivity index (χ0n) is 12.6. The summed E-state index contributed by atoms with van der Waals surface area (Å²) in [6.45, 7) is 0. The summed E-state index contributed by atoms with van der Waals surface area (Å²) in [5.41, 5.74) is 1.47. The number of hydrogen-bond acceptors (Lipinski definition) is 4. The van der Waals surface area contributed by atoms with Crippen LogP contribution < -0.4 is 5.32 Å². The van der Waals surface area contributed by atoms with Gasteiger partial charge in [0.15, 0.2) is 5.16 Å². The SMILES string of the molecule is CNC1CCC(c2ccccc2)CC1Sc1nncn1C. The lowest BCUT2D eigenvalue weighted by Gasteiger charge is -2.35. The van der Waals surface area contributed by atoms with E-state index in [1.807, 2.05) is 23.4 Å². The van der Waals surface area contributed by atoms with E-state index in [0.29, 0.717) is 17.2 Å².